The summed E-state index contributed by atoms with van der Waals surface area (Å²) in [5.74, 6) is 0. The molecule has 1 saturated carbocycles. The SMILES string of the molecule is CC(O)C1(C#N)CC1. The van der Waals surface area contributed by atoms with E-state index in [-0.39, 0.29) is 5.41 Å². The van der Waals surface area contributed by atoms with Gasteiger partial charge in [0.25, 0.3) is 0 Å². The minimum absolute atomic E-state index is 0.347. The maximum atomic E-state index is 8.92. The molecule has 44 valence electrons. The molecule has 1 N–H and O–H groups in total. The highest BCUT2D eigenvalue weighted by Crippen LogP contribution is 2.47. The van der Waals surface area contributed by atoms with Gasteiger partial charge in [0, 0.05) is 0 Å². The van der Waals surface area contributed by atoms with Crippen LogP contribution in [0.15, 0.2) is 0 Å². The third-order valence-electron chi connectivity index (χ3n) is 1.81. The van der Waals surface area contributed by atoms with E-state index >= 15 is 0 Å². The lowest BCUT2D eigenvalue weighted by Gasteiger charge is -2.06. The van der Waals surface area contributed by atoms with E-state index in [9.17, 15) is 0 Å². The van der Waals surface area contributed by atoms with Crippen LogP contribution in [0, 0.1) is 16.7 Å². The monoisotopic (exact) mass is 111 g/mol. The summed E-state index contributed by atoms with van der Waals surface area (Å²) in [6.45, 7) is 1.68. The number of aliphatic hydroxyl groups excluding tert-OH is 1. The summed E-state index contributed by atoms with van der Waals surface area (Å²) < 4.78 is 0. The van der Waals surface area contributed by atoms with Gasteiger partial charge in [-0.3, -0.25) is 0 Å². The first-order valence-corrected chi connectivity index (χ1v) is 2.80. The van der Waals surface area contributed by atoms with E-state index < -0.39 is 6.10 Å². The molecule has 1 aliphatic carbocycles. The first-order chi connectivity index (χ1) is 3.71. The zero-order valence-electron chi connectivity index (χ0n) is 4.89. The standard InChI is InChI=1S/C6H9NO/c1-5(8)6(4-7)2-3-6/h5,8H,2-3H2,1H3. The number of nitriles is 1. The molecule has 0 spiro atoms. The van der Waals surface area contributed by atoms with Gasteiger partial charge in [-0.15, -0.1) is 0 Å². The summed E-state index contributed by atoms with van der Waals surface area (Å²) in [5, 5.41) is 17.3. The zero-order valence-corrected chi connectivity index (χ0v) is 4.89. The topological polar surface area (TPSA) is 44.0 Å². The van der Waals surface area contributed by atoms with E-state index in [0.717, 1.165) is 12.8 Å². The zero-order chi connectivity index (χ0) is 6.20. The minimum Gasteiger partial charge on any atom is -0.392 e. The maximum absolute atomic E-state index is 8.92. The lowest BCUT2D eigenvalue weighted by atomic mass is 10.0. The molecular formula is C6H9NO. The van der Waals surface area contributed by atoms with Gasteiger partial charge in [-0.1, -0.05) is 0 Å². The molecule has 2 heteroatoms. The van der Waals surface area contributed by atoms with Crippen LogP contribution < -0.4 is 0 Å². The Bertz CT molecular complexity index is 130. The molecule has 2 nitrogen and oxygen atoms in total. The molecule has 1 unspecified atom stereocenters. The molecule has 0 aromatic carbocycles. The van der Waals surface area contributed by atoms with E-state index in [1.807, 2.05) is 0 Å². The van der Waals surface area contributed by atoms with Crippen LogP contribution in [0.4, 0.5) is 0 Å². The Balaban J connectivity index is 2.57. The van der Waals surface area contributed by atoms with Crippen molar-refractivity contribution in [3.05, 3.63) is 0 Å². The highest BCUT2D eigenvalue weighted by Gasteiger charge is 2.47. The predicted molar refractivity (Wildman–Crippen MR) is 29.0 cm³/mol. The summed E-state index contributed by atoms with van der Waals surface area (Å²) in [7, 11) is 0. The van der Waals surface area contributed by atoms with Gasteiger partial charge in [0.15, 0.2) is 0 Å². The van der Waals surface area contributed by atoms with Gasteiger partial charge in [0.2, 0.25) is 0 Å². The third kappa shape index (κ3) is 0.597. The van der Waals surface area contributed by atoms with Crippen LogP contribution in [0.1, 0.15) is 19.8 Å². The summed E-state index contributed by atoms with van der Waals surface area (Å²) >= 11 is 0. The molecular weight excluding hydrogens is 102 g/mol. The first-order valence-electron chi connectivity index (χ1n) is 2.80. The van der Waals surface area contributed by atoms with E-state index in [0.29, 0.717) is 0 Å². The quantitative estimate of drug-likeness (QED) is 0.540. The summed E-state index contributed by atoms with van der Waals surface area (Å²) in [6, 6.07) is 2.10. The summed E-state index contributed by atoms with van der Waals surface area (Å²) in [4.78, 5) is 0. The van der Waals surface area contributed by atoms with Crippen molar-refractivity contribution in [1.82, 2.24) is 0 Å². The summed E-state index contributed by atoms with van der Waals surface area (Å²) in [6.07, 6.45) is 1.31. The van der Waals surface area contributed by atoms with Crippen molar-refractivity contribution in [3.8, 4) is 6.07 Å². The molecule has 0 heterocycles. The van der Waals surface area contributed by atoms with Crippen LogP contribution in [0.25, 0.3) is 0 Å². The molecule has 0 bridgehead atoms. The predicted octanol–water partition coefficient (Wildman–Crippen LogP) is 0.671. The number of aliphatic hydroxyl groups is 1. The van der Waals surface area contributed by atoms with Crippen molar-refractivity contribution >= 4 is 0 Å². The average Bonchev–Trinajstić information content (AvgIpc) is 2.44. The normalized spacial score (nSPS) is 26.1. The van der Waals surface area contributed by atoms with Crippen LogP contribution in [0.3, 0.4) is 0 Å². The first kappa shape index (κ1) is 5.58. The number of hydrogen-bond acceptors (Lipinski definition) is 2. The van der Waals surface area contributed by atoms with Crippen molar-refractivity contribution < 1.29 is 5.11 Å². The largest absolute Gasteiger partial charge is 0.392 e. The highest BCUT2D eigenvalue weighted by molar-refractivity contribution is 5.12. The molecule has 0 aromatic heterocycles. The fourth-order valence-corrected chi connectivity index (χ4v) is 0.758. The summed E-state index contributed by atoms with van der Waals surface area (Å²) in [5.41, 5.74) is -0.347. The fraction of sp³-hybridized carbons (Fsp3) is 0.833. The molecule has 1 atom stereocenters. The van der Waals surface area contributed by atoms with Crippen LogP contribution in [0.2, 0.25) is 0 Å². The molecule has 0 amide bonds. The third-order valence-corrected chi connectivity index (χ3v) is 1.81. The molecule has 8 heavy (non-hydrogen) atoms. The second-order valence-electron chi connectivity index (χ2n) is 2.44. The van der Waals surface area contributed by atoms with E-state index in [1.165, 1.54) is 0 Å². The van der Waals surface area contributed by atoms with Crippen molar-refractivity contribution in [2.75, 3.05) is 0 Å². The van der Waals surface area contributed by atoms with Gasteiger partial charge >= 0.3 is 0 Å². The maximum Gasteiger partial charge on any atom is 0.0830 e. The molecule has 1 fully saturated rings. The van der Waals surface area contributed by atoms with Crippen LogP contribution >= 0.6 is 0 Å². The highest BCUT2D eigenvalue weighted by atomic mass is 16.3. The Morgan fingerprint density at radius 3 is 2.25 bits per heavy atom. The van der Waals surface area contributed by atoms with E-state index in [4.69, 9.17) is 10.4 Å². The Labute approximate surface area is 48.7 Å². The Kier molecular flexibility index (Phi) is 1.02. The van der Waals surface area contributed by atoms with Crippen LogP contribution in [-0.4, -0.2) is 11.2 Å². The van der Waals surface area contributed by atoms with Gasteiger partial charge in [-0.2, -0.15) is 5.26 Å². The van der Waals surface area contributed by atoms with Gasteiger partial charge in [-0.25, -0.2) is 0 Å². The van der Waals surface area contributed by atoms with Gasteiger partial charge in [0.05, 0.1) is 17.6 Å². The molecule has 0 aliphatic heterocycles. The van der Waals surface area contributed by atoms with E-state index in [2.05, 4.69) is 6.07 Å². The van der Waals surface area contributed by atoms with Crippen molar-refractivity contribution in [2.24, 2.45) is 5.41 Å². The van der Waals surface area contributed by atoms with Gasteiger partial charge in [0.1, 0.15) is 0 Å². The molecule has 1 rings (SSSR count). The molecule has 0 saturated heterocycles. The Morgan fingerprint density at radius 1 is 1.75 bits per heavy atom. The van der Waals surface area contributed by atoms with Crippen molar-refractivity contribution in [2.45, 2.75) is 25.9 Å². The van der Waals surface area contributed by atoms with Gasteiger partial charge in [-0.05, 0) is 19.8 Å². The van der Waals surface area contributed by atoms with Crippen LogP contribution in [0.5, 0.6) is 0 Å². The molecule has 0 radical (unpaired) electrons. The lowest BCUT2D eigenvalue weighted by Crippen LogP contribution is -2.14. The average molecular weight is 111 g/mol. The number of hydrogen-bond donors (Lipinski definition) is 1. The van der Waals surface area contributed by atoms with Crippen molar-refractivity contribution in [1.29, 1.82) is 5.26 Å². The number of rotatable bonds is 1. The number of nitrogens with zero attached hydrogens (tertiary/aromatic N) is 1. The van der Waals surface area contributed by atoms with Crippen LogP contribution in [-0.2, 0) is 0 Å². The van der Waals surface area contributed by atoms with E-state index in [1.54, 1.807) is 6.92 Å². The van der Waals surface area contributed by atoms with Crippen molar-refractivity contribution in [3.63, 3.8) is 0 Å². The lowest BCUT2D eigenvalue weighted by molar-refractivity contribution is 0.141. The van der Waals surface area contributed by atoms with Gasteiger partial charge < -0.3 is 5.11 Å². The Hall–Kier alpha value is -0.550. The second-order valence-corrected chi connectivity index (χ2v) is 2.44. The smallest absolute Gasteiger partial charge is 0.0830 e. The Morgan fingerprint density at radius 2 is 2.25 bits per heavy atom. The molecule has 0 aromatic rings. The second kappa shape index (κ2) is 1.46. The molecule has 1 aliphatic rings. The minimum atomic E-state index is -0.438. The fourth-order valence-electron chi connectivity index (χ4n) is 0.758.